The van der Waals surface area contributed by atoms with Gasteiger partial charge < -0.3 is 0 Å². The first-order chi connectivity index (χ1) is 11.7. The van der Waals surface area contributed by atoms with Crippen LogP contribution >= 0.6 is 11.8 Å². The molecule has 0 saturated carbocycles. The monoisotopic (exact) mass is 356 g/mol. The number of allylic oxidation sites excluding steroid dienone is 1. The van der Waals surface area contributed by atoms with E-state index in [2.05, 4.69) is 71.2 Å². The molecule has 1 aliphatic heterocycles. The molecule has 0 radical (unpaired) electrons. The van der Waals surface area contributed by atoms with E-state index < -0.39 is 0 Å². The Labute approximate surface area is 160 Å². The molecule has 138 valence electrons. The molecule has 3 rings (SSSR count). The third kappa shape index (κ3) is 4.42. The third-order valence-electron chi connectivity index (χ3n) is 5.72. The van der Waals surface area contributed by atoms with Crippen molar-refractivity contribution in [3.05, 3.63) is 51.4 Å². The van der Waals surface area contributed by atoms with E-state index in [1.165, 1.54) is 36.0 Å². The summed E-state index contributed by atoms with van der Waals surface area (Å²) in [5, 5.41) is 2.95. The maximum atomic E-state index is 2.46. The second kappa shape index (κ2) is 7.74. The van der Waals surface area contributed by atoms with Crippen molar-refractivity contribution in [2.24, 2.45) is 0 Å². The molecule has 0 amide bonds. The molecule has 2 aliphatic rings. The van der Waals surface area contributed by atoms with E-state index in [-0.39, 0.29) is 0 Å². The van der Waals surface area contributed by atoms with Crippen molar-refractivity contribution in [1.82, 2.24) is 0 Å². The molecule has 0 bridgehead atoms. The van der Waals surface area contributed by atoms with Gasteiger partial charge in [0.2, 0.25) is 0 Å². The summed E-state index contributed by atoms with van der Waals surface area (Å²) in [6.07, 6.45) is 6.17. The topological polar surface area (TPSA) is 0 Å². The molecule has 0 fully saturated rings. The Morgan fingerprint density at radius 2 is 1.64 bits per heavy atom. The summed E-state index contributed by atoms with van der Waals surface area (Å²) in [5.41, 5.74) is 8.10. The summed E-state index contributed by atoms with van der Waals surface area (Å²) in [4.78, 5) is 0. The molecule has 0 N–H and O–H groups in total. The van der Waals surface area contributed by atoms with Crippen molar-refractivity contribution < 1.29 is 0 Å². The summed E-state index contributed by atoms with van der Waals surface area (Å²) in [5.74, 6) is 0. The minimum absolute atomic E-state index is 0.295. The Bertz CT molecular complexity index is 673. The van der Waals surface area contributed by atoms with Crippen molar-refractivity contribution in [3.63, 3.8) is 0 Å². The van der Waals surface area contributed by atoms with Crippen LogP contribution in [0.25, 0.3) is 6.08 Å². The van der Waals surface area contributed by atoms with E-state index in [0.717, 1.165) is 0 Å². The zero-order valence-electron chi connectivity index (χ0n) is 17.5. The van der Waals surface area contributed by atoms with Gasteiger partial charge in [0.1, 0.15) is 0 Å². The predicted molar refractivity (Wildman–Crippen MR) is 116 cm³/mol. The molecule has 1 unspecified atom stereocenters. The van der Waals surface area contributed by atoms with Gasteiger partial charge in [-0.05, 0) is 66.0 Å². The summed E-state index contributed by atoms with van der Waals surface area (Å²) < 4.78 is 0. The van der Waals surface area contributed by atoms with Gasteiger partial charge in [0.25, 0.3) is 0 Å². The van der Waals surface area contributed by atoms with E-state index in [0.29, 0.717) is 16.1 Å². The van der Waals surface area contributed by atoms with Crippen LogP contribution in [0, 0.1) is 0 Å². The van der Waals surface area contributed by atoms with Crippen molar-refractivity contribution >= 4 is 17.8 Å². The van der Waals surface area contributed by atoms with Gasteiger partial charge in [-0.3, -0.25) is 0 Å². The lowest BCUT2D eigenvalue weighted by atomic mass is 9.63. The average molecular weight is 357 g/mol. The highest BCUT2D eigenvalue weighted by atomic mass is 32.2. The van der Waals surface area contributed by atoms with Gasteiger partial charge in [0.15, 0.2) is 0 Å². The Morgan fingerprint density at radius 1 is 1.04 bits per heavy atom. The van der Waals surface area contributed by atoms with Crippen LogP contribution < -0.4 is 0 Å². The number of rotatable bonds is 2. The molecule has 1 aliphatic carbocycles. The van der Waals surface area contributed by atoms with Crippen LogP contribution in [-0.4, -0.2) is 5.25 Å². The highest BCUT2D eigenvalue weighted by Gasteiger charge is 2.36. The van der Waals surface area contributed by atoms with Crippen molar-refractivity contribution in [1.29, 1.82) is 0 Å². The molecular formula is C24H36S. The number of benzene rings is 1. The van der Waals surface area contributed by atoms with Crippen molar-refractivity contribution in [3.8, 4) is 0 Å². The van der Waals surface area contributed by atoms with Gasteiger partial charge in [-0.2, -0.15) is 0 Å². The SMILES string of the molecule is CC.CC1=CSC(/C(C)=C\c2ccc3c(c2)C(C)(C)CCC3(C)C)C1. The minimum atomic E-state index is 0.295. The zero-order valence-corrected chi connectivity index (χ0v) is 18.3. The Morgan fingerprint density at radius 3 is 2.20 bits per heavy atom. The molecule has 1 aromatic rings. The first kappa shape index (κ1) is 20.4. The van der Waals surface area contributed by atoms with E-state index >= 15 is 0 Å². The fourth-order valence-electron chi connectivity index (χ4n) is 3.91. The first-order valence-electron chi connectivity index (χ1n) is 9.83. The lowest BCUT2D eigenvalue weighted by molar-refractivity contribution is 0.332. The lowest BCUT2D eigenvalue weighted by Crippen LogP contribution is -2.33. The minimum Gasteiger partial charge on any atom is -0.126 e. The van der Waals surface area contributed by atoms with Crippen LogP contribution in [-0.2, 0) is 10.8 Å². The Kier molecular flexibility index (Phi) is 6.30. The van der Waals surface area contributed by atoms with Crippen molar-refractivity contribution in [2.45, 2.75) is 90.7 Å². The smallest absolute Gasteiger partial charge is 0.0335 e. The van der Waals surface area contributed by atoms with Crippen molar-refractivity contribution in [2.75, 3.05) is 0 Å². The van der Waals surface area contributed by atoms with Crippen LogP contribution in [0.3, 0.4) is 0 Å². The van der Waals surface area contributed by atoms with Gasteiger partial charge in [-0.25, -0.2) is 0 Å². The molecule has 0 nitrogen and oxygen atoms in total. The van der Waals surface area contributed by atoms with Crippen LogP contribution in [0.2, 0.25) is 0 Å². The second-order valence-corrected chi connectivity index (χ2v) is 9.83. The first-order valence-corrected chi connectivity index (χ1v) is 10.8. The number of fused-ring (bicyclic) bond motifs is 1. The fourth-order valence-corrected chi connectivity index (χ4v) is 5.04. The standard InChI is InChI=1S/C22H30S.C2H6/c1-15-11-20(23-14-15)16(2)12-17-7-8-18-19(13-17)22(5,6)10-9-21(18,3)4;1-2/h7-8,12-14,20H,9-11H2,1-6H3;1-2H3/b16-12-;. The van der Waals surface area contributed by atoms with E-state index in [1.807, 2.05) is 25.6 Å². The quantitative estimate of drug-likeness (QED) is 0.519. The molecule has 25 heavy (non-hydrogen) atoms. The Hall–Kier alpha value is -0.950. The molecule has 1 heterocycles. The molecule has 1 aromatic carbocycles. The third-order valence-corrected chi connectivity index (χ3v) is 7.13. The van der Waals surface area contributed by atoms with Gasteiger partial charge >= 0.3 is 0 Å². The van der Waals surface area contributed by atoms with Gasteiger partial charge in [0.05, 0.1) is 0 Å². The van der Waals surface area contributed by atoms with Gasteiger partial charge in [0, 0.05) is 5.25 Å². The van der Waals surface area contributed by atoms with E-state index in [4.69, 9.17) is 0 Å². The molecule has 1 heteroatoms. The molecule has 0 saturated heterocycles. The highest BCUT2D eigenvalue weighted by molar-refractivity contribution is 8.03. The summed E-state index contributed by atoms with van der Waals surface area (Å²) in [7, 11) is 0. The largest absolute Gasteiger partial charge is 0.126 e. The highest BCUT2D eigenvalue weighted by Crippen LogP contribution is 2.46. The number of thioether (sulfide) groups is 1. The van der Waals surface area contributed by atoms with Gasteiger partial charge in [-0.15, -0.1) is 11.8 Å². The lowest BCUT2D eigenvalue weighted by Gasteiger charge is -2.42. The number of hydrogen-bond acceptors (Lipinski definition) is 1. The maximum absolute atomic E-state index is 2.46. The molecule has 1 atom stereocenters. The fraction of sp³-hybridized carbons (Fsp3) is 0.583. The normalized spacial score (nSPS) is 24.1. The molecule has 0 aromatic heterocycles. The summed E-state index contributed by atoms with van der Waals surface area (Å²) >= 11 is 1.98. The Balaban J connectivity index is 0.00000109. The zero-order chi connectivity index (χ0) is 18.8. The number of hydrogen-bond donors (Lipinski definition) is 0. The molecule has 0 spiro atoms. The van der Waals surface area contributed by atoms with Crippen LogP contribution in [0.15, 0.2) is 34.8 Å². The second-order valence-electron chi connectivity index (χ2n) is 8.75. The average Bonchev–Trinajstić information content (AvgIpc) is 3.01. The molecular weight excluding hydrogens is 320 g/mol. The van der Waals surface area contributed by atoms with E-state index in [9.17, 15) is 0 Å². The summed E-state index contributed by atoms with van der Waals surface area (Å²) in [6.45, 7) is 18.1. The summed E-state index contributed by atoms with van der Waals surface area (Å²) in [6, 6.07) is 7.17. The van der Waals surface area contributed by atoms with Crippen LogP contribution in [0.5, 0.6) is 0 Å². The van der Waals surface area contributed by atoms with Crippen LogP contribution in [0.1, 0.15) is 91.3 Å². The van der Waals surface area contributed by atoms with Crippen LogP contribution in [0.4, 0.5) is 0 Å². The van der Waals surface area contributed by atoms with E-state index in [1.54, 1.807) is 11.1 Å². The van der Waals surface area contributed by atoms with Gasteiger partial charge in [-0.1, -0.05) is 77.0 Å². The maximum Gasteiger partial charge on any atom is 0.0335 e. The predicted octanol–water partition coefficient (Wildman–Crippen LogP) is 7.87.